The number of fused-ring (bicyclic) bond motifs is 1. The van der Waals surface area contributed by atoms with Crippen molar-refractivity contribution in [3.8, 4) is 0 Å². The Morgan fingerprint density at radius 3 is 2.75 bits per heavy atom. The lowest BCUT2D eigenvalue weighted by Crippen LogP contribution is -2.46. The Labute approximate surface area is 190 Å². The molecule has 7 nitrogen and oxygen atoms in total. The number of aromatic nitrogens is 2. The topological polar surface area (TPSA) is 70.5 Å². The minimum absolute atomic E-state index is 0.0993. The lowest BCUT2D eigenvalue weighted by molar-refractivity contribution is -0.125. The predicted octanol–water partition coefficient (Wildman–Crippen LogP) is 2.92. The summed E-state index contributed by atoms with van der Waals surface area (Å²) in [6, 6.07) is 8.39. The Morgan fingerprint density at radius 2 is 1.94 bits per heavy atom. The second kappa shape index (κ2) is 10.5. The first-order valence-electron chi connectivity index (χ1n) is 12.2. The highest BCUT2D eigenvalue weighted by Gasteiger charge is 2.28. The number of piperidine rings is 1. The van der Waals surface area contributed by atoms with Crippen molar-refractivity contribution in [3.63, 3.8) is 0 Å². The van der Waals surface area contributed by atoms with E-state index in [2.05, 4.69) is 22.2 Å². The molecule has 4 rings (SSSR count). The zero-order chi connectivity index (χ0) is 22.5. The Bertz CT molecular complexity index is 982. The van der Waals surface area contributed by atoms with Crippen molar-refractivity contribution in [2.75, 3.05) is 38.1 Å². The van der Waals surface area contributed by atoms with Gasteiger partial charge in [-0.25, -0.2) is 4.98 Å². The number of carbonyl (C=O) groups excluding carboxylic acids is 1. The normalized spacial score (nSPS) is 20.1. The van der Waals surface area contributed by atoms with Gasteiger partial charge in [0, 0.05) is 32.7 Å². The number of hydrogen-bond donors (Lipinski definition) is 1. The number of para-hydroxylation sites is 2. The molecule has 1 aromatic heterocycles. The lowest BCUT2D eigenvalue weighted by Gasteiger charge is -2.33. The summed E-state index contributed by atoms with van der Waals surface area (Å²) in [5.41, 5.74) is 1.53. The van der Waals surface area contributed by atoms with Gasteiger partial charge in [0.05, 0.1) is 17.0 Å². The number of amides is 1. The zero-order valence-electron chi connectivity index (χ0n) is 19.6. The van der Waals surface area contributed by atoms with Crippen LogP contribution in [0.4, 0.5) is 5.82 Å². The van der Waals surface area contributed by atoms with Crippen LogP contribution >= 0.6 is 0 Å². The molecule has 0 radical (unpaired) electrons. The van der Waals surface area contributed by atoms with E-state index in [0.717, 1.165) is 43.4 Å². The fraction of sp³-hybridized carbons (Fsp3) is 0.640. The van der Waals surface area contributed by atoms with E-state index in [0.29, 0.717) is 24.9 Å². The van der Waals surface area contributed by atoms with Crippen LogP contribution in [0, 0.1) is 5.92 Å². The SMILES string of the molecule is CN(CCCNC(=O)C1CCCN(c2nc3ccccc3n(C)c2=O)C1)C1CCCCC1. The van der Waals surface area contributed by atoms with E-state index in [9.17, 15) is 9.59 Å². The van der Waals surface area contributed by atoms with E-state index in [1.54, 1.807) is 11.6 Å². The first kappa shape index (κ1) is 22.8. The standard InChI is InChI=1S/C25H37N5O2/c1-28(20-11-4-3-5-12-20)16-9-15-26-24(31)19-10-8-17-30(18-19)23-25(32)29(2)22-14-7-6-13-21(22)27-23/h6-7,13-14,19-20H,3-5,8-12,15-18H2,1-2H3,(H,26,31). The quantitative estimate of drug-likeness (QED) is 0.672. The minimum atomic E-state index is -0.101. The van der Waals surface area contributed by atoms with Crippen molar-refractivity contribution in [1.29, 1.82) is 0 Å². The summed E-state index contributed by atoms with van der Waals surface area (Å²) in [6.07, 6.45) is 9.41. The third-order valence-corrected chi connectivity index (χ3v) is 7.24. The summed E-state index contributed by atoms with van der Waals surface area (Å²) in [7, 11) is 4.00. The Hall–Kier alpha value is -2.41. The van der Waals surface area contributed by atoms with Gasteiger partial charge in [-0.05, 0) is 57.8 Å². The van der Waals surface area contributed by atoms with Gasteiger partial charge in [-0.3, -0.25) is 9.59 Å². The number of rotatable bonds is 7. The lowest BCUT2D eigenvalue weighted by atomic mass is 9.94. The maximum absolute atomic E-state index is 12.9. The number of nitrogens with one attached hydrogen (secondary N) is 1. The van der Waals surface area contributed by atoms with Gasteiger partial charge in [-0.2, -0.15) is 0 Å². The van der Waals surface area contributed by atoms with Gasteiger partial charge in [0.15, 0.2) is 5.82 Å². The Morgan fingerprint density at radius 1 is 1.16 bits per heavy atom. The molecule has 0 bridgehead atoms. The average molecular weight is 440 g/mol. The van der Waals surface area contributed by atoms with Crippen LogP contribution in [0.2, 0.25) is 0 Å². The molecule has 7 heteroatoms. The molecule has 0 spiro atoms. The van der Waals surface area contributed by atoms with E-state index in [-0.39, 0.29) is 17.4 Å². The molecule has 1 amide bonds. The molecular weight excluding hydrogens is 402 g/mol. The molecule has 1 aliphatic heterocycles. The van der Waals surface area contributed by atoms with Crippen molar-refractivity contribution in [3.05, 3.63) is 34.6 Å². The molecule has 32 heavy (non-hydrogen) atoms. The smallest absolute Gasteiger partial charge is 0.293 e. The van der Waals surface area contributed by atoms with Crippen LogP contribution in [0.1, 0.15) is 51.4 Å². The number of nitrogens with zero attached hydrogens (tertiary/aromatic N) is 4. The van der Waals surface area contributed by atoms with Crippen LogP contribution in [0.15, 0.2) is 29.1 Å². The summed E-state index contributed by atoms with van der Waals surface area (Å²) < 4.78 is 1.66. The molecule has 2 aromatic rings. The van der Waals surface area contributed by atoms with Crippen LogP contribution in [0.5, 0.6) is 0 Å². The van der Waals surface area contributed by atoms with E-state index in [1.165, 1.54) is 32.1 Å². The number of hydrogen-bond acceptors (Lipinski definition) is 5. The van der Waals surface area contributed by atoms with Crippen LogP contribution in [-0.2, 0) is 11.8 Å². The third-order valence-electron chi connectivity index (χ3n) is 7.24. The molecule has 2 heterocycles. The maximum atomic E-state index is 12.9. The van der Waals surface area contributed by atoms with Crippen LogP contribution in [0.25, 0.3) is 11.0 Å². The van der Waals surface area contributed by atoms with Crippen molar-refractivity contribution in [2.45, 2.75) is 57.4 Å². The van der Waals surface area contributed by atoms with E-state index in [1.807, 2.05) is 29.2 Å². The summed E-state index contributed by atoms with van der Waals surface area (Å²) >= 11 is 0. The molecule has 1 unspecified atom stereocenters. The average Bonchev–Trinajstić information content (AvgIpc) is 2.84. The van der Waals surface area contributed by atoms with Gasteiger partial charge >= 0.3 is 0 Å². The number of benzene rings is 1. The maximum Gasteiger partial charge on any atom is 0.293 e. The predicted molar refractivity (Wildman–Crippen MR) is 129 cm³/mol. The van der Waals surface area contributed by atoms with Crippen LogP contribution < -0.4 is 15.8 Å². The second-order valence-electron chi connectivity index (χ2n) is 9.49. The van der Waals surface area contributed by atoms with E-state index in [4.69, 9.17) is 0 Å². The van der Waals surface area contributed by atoms with Gasteiger partial charge in [-0.1, -0.05) is 31.4 Å². The molecule has 1 aliphatic carbocycles. The van der Waals surface area contributed by atoms with Crippen LogP contribution in [-0.4, -0.2) is 59.6 Å². The first-order chi connectivity index (χ1) is 15.5. The summed E-state index contributed by atoms with van der Waals surface area (Å²) in [5, 5.41) is 3.14. The highest BCUT2D eigenvalue weighted by Crippen LogP contribution is 2.23. The highest BCUT2D eigenvalue weighted by molar-refractivity contribution is 5.80. The summed E-state index contributed by atoms with van der Waals surface area (Å²) in [4.78, 5) is 34.9. The van der Waals surface area contributed by atoms with Gasteiger partial charge < -0.3 is 19.7 Å². The molecule has 1 atom stereocenters. The molecule has 2 fully saturated rings. The summed E-state index contributed by atoms with van der Waals surface area (Å²) in [6.45, 7) is 3.05. The minimum Gasteiger partial charge on any atom is -0.356 e. The fourth-order valence-corrected chi connectivity index (χ4v) is 5.24. The first-order valence-corrected chi connectivity index (χ1v) is 12.2. The molecule has 174 valence electrons. The number of anilines is 1. The van der Waals surface area contributed by atoms with Crippen molar-refractivity contribution < 1.29 is 4.79 Å². The molecule has 1 saturated heterocycles. The van der Waals surface area contributed by atoms with Crippen molar-refractivity contribution >= 4 is 22.8 Å². The summed E-state index contributed by atoms with van der Waals surface area (Å²) in [5.74, 6) is 0.461. The Kier molecular flexibility index (Phi) is 7.45. The van der Waals surface area contributed by atoms with Crippen LogP contribution in [0.3, 0.4) is 0 Å². The molecule has 1 N–H and O–H groups in total. The number of carbonyl (C=O) groups is 1. The van der Waals surface area contributed by atoms with Gasteiger partial charge in [0.25, 0.3) is 5.56 Å². The fourth-order valence-electron chi connectivity index (χ4n) is 5.24. The largest absolute Gasteiger partial charge is 0.356 e. The molecule has 1 saturated carbocycles. The molecule has 1 aromatic carbocycles. The van der Waals surface area contributed by atoms with Crippen molar-refractivity contribution in [1.82, 2.24) is 19.8 Å². The molecular formula is C25H37N5O2. The molecule has 2 aliphatic rings. The zero-order valence-corrected chi connectivity index (χ0v) is 19.6. The van der Waals surface area contributed by atoms with Crippen molar-refractivity contribution in [2.24, 2.45) is 13.0 Å². The van der Waals surface area contributed by atoms with Gasteiger partial charge in [-0.15, -0.1) is 0 Å². The monoisotopic (exact) mass is 439 g/mol. The van der Waals surface area contributed by atoms with E-state index >= 15 is 0 Å². The highest BCUT2D eigenvalue weighted by atomic mass is 16.2. The second-order valence-corrected chi connectivity index (χ2v) is 9.49. The van der Waals surface area contributed by atoms with Gasteiger partial charge in [0.2, 0.25) is 5.91 Å². The number of aryl methyl sites for hydroxylation is 1. The third kappa shape index (κ3) is 5.14. The Balaban J connectivity index is 1.31. The van der Waals surface area contributed by atoms with Gasteiger partial charge in [0.1, 0.15) is 0 Å². The van der Waals surface area contributed by atoms with E-state index < -0.39 is 0 Å².